The minimum Gasteiger partial charge on any atom is -0.354 e. The molecule has 0 aromatic heterocycles. The number of benzene rings is 1. The van der Waals surface area contributed by atoms with Gasteiger partial charge in [-0.05, 0) is 17.4 Å². The van der Waals surface area contributed by atoms with Crippen LogP contribution in [-0.4, -0.2) is 30.4 Å². The molecule has 0 heterocycles. The number of hydrogen-bond donors (Lipinski definition) is 4. The molecule has 0 aliphatic heterocycles. The van der Waals surface area contributed by atoms with E-state index in [2.05, 4.69) is 16.0 Å². The maximum atomic E-state index is 12.5. The highest BCUT2D eigenvalue weighted by Gasteiger charge is 2.21. The van der Waals surface area contributed by atoms with Crippen LogP contribution in [0.15, 0.2) is 30.3 Å². The van der Waals surface area contributed by atoms with Crippen LogP contribution in [0.1, 0.15) is 39.7 Å². The first kappa shape index (κ1) is 20.7. The molecule has 1 aromatic rings. The minimum absolute atomic E-state index is 0.147. The lowest BCUT2D eigenvalue weighted by molar-refractivity contribution is -0.123. The first-order valence-electron chi connectivity index (χ1n) is 8.74. The molecule has 138 valence electrons. The standard InChI is InChI=1S/C19H30N4O2/c1-13(2)10-17(24)23-19(20)22-16(18(25)21-12-14(3)4)11-15-8-6-5-7-9-15/h5-9,13-14,16H,10-12H2,1-4H3,(H,21,25)(H3,20,22,23,24)/t16-/m1/s1. The highest BCUT2D eigenvalue weighted by molar-refractivity contribution is 5.97. The van der Waals surface area contributed by atoms with E-state index < -0.39 is 6.04 Å². The molecule has 1 aromatic carbocycles. The summed E-state index contributed by atoms with van der Waals surface area (Å²) in [5.74, 6) is -0.00554. The first-order chi connectivity index (χ1) is 11.8. The largest absolute Gasteiger partial charge is 0.354 e. The summed E-state index contributed by atoms with van der Waals surface area (Å²) in [5, 5.41) is 16.2. The lowest BCUT2D eigenvalue weighted by Crippen LogP contribution is -2.53. The molecule has 0 saturated carbocycles. The second-order valence-corrected chi connectivity index (χ2v) is 7.05. The van der Waals surface area contributed by atoms with E-state index in [1.807, 2.05) is 58.0 Å². The fraction of sp³-hybridized carbons (Fsp3) is 0.526. The van der Waals surface area contributed by atoms with Crippen LogP contribution in [0.3, 0.4) is 0 Å². The number of amides is 2. The van der Waals surface area contributed by atoms with Gasteiger partial charge in [-0.25, -0.2) is 0 Å². The second-order valence-electron chi connectivity index (χ2n) is 7.05. The van der Waals surface area contributed by atoms with Crippen molar-refractivity contribution >= 4 is 17.8 Å². The van der Waals surface area contributed by atoms with Gasteiger partial charge in [0.25, 0.3) is 0 Å². The number of carbonyl (C=O) groups excluding carboxylic acids is 2. The number of carbonyl (C=O) groups is 2. The maximum Gasteiger partial charge on any atom is 0.242 e. The molecular formula is C19H30N4O2. The molecule has 6 nitrogen and oxygen atoms in total. The van der Waals surface area contributed by atoms with Crippen molar-refractivity contribution in [2.45, 2.75) is 46.6 Å². The minimum atomic E-state index is -0.618. The van der Waals surface area contributed by atoms with Gasteiger partial charge in [0.2, 0.25) is 11.8 Å². The van der Waals surface area contributed by atoms with E-state index in [4.69, 9.17) is 5.41 Å². The quantitative estimate of drug-likeness (QED) is 0.429. The normalized spacial score (nSPS) is 11.9. The van der Waals surface area contributed by atoms with Crippen LogP contribution in [0.25, 0.3) is 0 Å². The van der Waals surface area contributed by atoms with Gasteiger partial charge in [0, 0.05) is 19.4 Å². The van der Waals surface area contributed by atoms with Gasteiger partial charge in [0.15, 0.2) is 5.96 Å². The average molecular weight is 346 g/mol. The van der Waals surface area contributed by atoms with E-state index in [1.54, 1.807) is 0 Å². The number of nitrogens with one attached hydrogen (secondary N) is 4. The molecule has 25 heavy (non-hydrogen) atoms. The molecule has 0 aliphatic rings. The Morgan fingerprint density at radius 1 is 1.04 bits per heavy atom. The van der Waals surface area contributed by atoms with Crippen molar-refractivity contribution in [3.8, 4) is 0 Å². The maximum absolute atomic E-state index is 12.5. The zero-order chi connectivity index (χ0) is 18.8. The van der Waals surface area contributed by atoms with Crippen molar-refractivity contribution in [3.63, 3.8) is 0 Å². The number of guanidine groups is 1. The summed E-state index contributed by atoms with van der Waals surface area (Å²) in [6.45, 7) is 8.49. The molecular weight excluding hydrogens is 316 g/mol. The topological polar surface area (TPSA) is 94.1 Å². The molecule has 0 radical (unpaired) electrons. The van der Waals surface area contributed by atoms with Gasteiger partial charge >= 0.3 is 0 Å². The van der Waals surface area contributed by atoms with Crippen LogP contribution in [0.2, 0.25) is 0 Å². The Labute approximate surface area is 150 Å². The summed E-state index contributed by atoms with van der Waals surface area (Å²) in [7, 11) is 0. The molecule has 1 rings (SSSR count). The highest BCUT2D eigenvalue weighted by atomic mass is 16.2. The van der Waals surface area contributed by atoms with E-state index in [0.717, 1.165) is 5.56 Å². The molecule has 0 aliphatic carbocycles. The van der Waals surface area contributed by atoms with E-state index in [-0.39, 0.29) is 23.7 Å². The third kappa shape index (κ3) is 8.88. The van der Waals surface area contributed by atoms with Gasteiger partial charge in [-0.15, -0.1) is 0 Å². The van der Waals surface area contributed by atoms with Crippen LogP contribution in [0.5, 0.6) is 0 Å². The van der Waals surface area contributed by atoms with Gasteiger partial charge < -0.3 is 10.6 Å². The zero-order valence-electron chi connectivity index (χ0n) is 15.6. The molecule has 0 saturated heterocycles. The summed E-state index contributed by atoms with van der Waals surface area (Å²) in [6.07, 6.45) is 0.778. The van der Waals surface area contributed by atoms with E-state index in [9.17, 15) is 9.59 Å². The Morgan fingerprint density at radius 2 is 1.68 bits per heavy atom. The van der Waals surface area contributed by atoms with Gasteiger partial charge in [0.1, 0.15) is 6.04 Å². The van der Waals surface area contributed by atoms with Gasteiger partial charge in [-0.1, -0.05) is 58.0 Å². The third-order valence-corrected chi connectivity index (χ3v) is 3.46. The first-order valence-corrected chi connectivity index (χ1v) is 8.74. The molecule has 6 heteroatoms. The Morgan fingerprint density at radius 3 is 2.24 bits per heavy atom. The predicted molar refractivity (Wildman–Crippen MR) is 100 cm³/mol. The number of rotatable bonds is 8. The van der Waals surface area contributed by atoms with Crippen LogP contribution < -0.4 is 16.0 Å². The Kier molecular flexibility index (Phi) is 8.67. The van der Waals surface area contributed by atoms with Crippen LogP contribution in [0.4, 0.5) is 0 Å². The second kappa shape index (κ2) is 10.5. The van der Waals surface area contributed by atoms with Crippen molar-refractivity contribution < 1.29 is 9.59 Å². The predicted octanol–water partition coefficient (Wildman–Crippen LogP) is 2.06. The Balaban J connectivity index is 2.71. The van der Waals surface area contributed by atoms with Gasteiger partial charge in [0.05, 0.1) is 0 Å². The summed E-state index contributed by atoms with van der Waals surface area (Å²) in [5.41, 5.74) is 0.987. The van der Waals surface area contributed by atoms with Crippen LogP contribution >= 0.6 is 0 Å². The number of hydrogen-bond acceptors (Lipinski definition) is 3. The van der Waals surface area contributed by atoms with Gasteiger partial charge in [-0.2, -0.15) is 0 Å². The van der Waals surface area contributed by atoms with E-state index >= 15 is 0 Å². The summed E-state index contributed by atoms with van der Waals surface area (Å²) < 4.78 is 0. The Bertz CT molecular complexity index is 570. The lowest BCUT2D eigenvalue weighted by atomic mass is 10.1. The monoisotopic (exact) mass is 346 g/mol. The molecule has 0 bridgehead atoms. The fourth-order valence-electron chi connectivity index (χ4n) is 2.26. The molecule has 0 spiro atoms. The average Bonchev–Trinajstić information content (AvgIpc) is 2.51. The van der Waals surface area contributed by atoms with Crippen molar-refractivity contribution in [2.24, 2.45) is 11.8 Å². The van der Waals surface area contributed by atoms with Crippen LogP contribution in [-0.2, 0) is 16.0 Å². The summed E-state index contributed by atoms with van der Waals surface area (Å²) in [6, 6.07) is 8.99. The SMILES string of the molecule is CC(C)CNC(=O)[C@@H](Cc1ccccc1)NC(=N)NC(=O)CC(C)C. The molecule has 2 amide bonds. The molecule has 4 N–H and O–H groups in total. The highest BCUT2D eigenvalue weighted by Crippen LogP contribution is 2.04. The van der Waals surface area contributed by atoms with Crippen molar-refractivity contribution in [1.29, 1.82) is 5.41 Å². The molecule has 1 atom stereocenters. The molecule has 0 fully saturated rings. The molecule has 0 unspecified atom stereocenters. The zero-order valence-corrected chi connectivity index (χ0v) is 15.6. The van der Waals surface area contributed by atoms with Crippen molar-refractivity contribution in [3.05, 3.63) is 35.9 Å². The van der Waals surface area contributed by atoms with Crippen molar-refractivity contribution in [2.75, 3.05) is 6.54 Å². The van der Waals surface area contributed by atoms with E-state index in [1.165, 1.54) is 0 Å². The van der Waals surface area contributed by atoms with Gasteiger partial charge in [-0.3, -0.25) is 20.3 Å². The van der Waals surface area contributed by atoms with Crippen LogP contribution in [0, 0.1) is 17.2 Å². The summed E-state index contributed by atoms with van der Waals surface area (Å²) in [4.78, 5) is 24.3. The van der Waals surface area contributed by atoms with E-state index in [0.29, 0.717) is 25.3 Å². The Hall–Kier alpha value is -2.37. The van der Waals surface area contributed by atoms with Crippen molar-refractivity contribution in [1.82, 2.24) is 16.0 Å². The third-order valence-electron chi connectivity index (χ3n) is 3.46. The smallest absolute Gasteiger partial charge is 0.242 e. The lowest BCUT2D eigenvalue weighted by Gasteiger charge is -2.21. The summed E-state index contributed by atoms with van der Waals surface area (Å²) >= 11 is 0. The fourth-order valence-corrected chi connectivity index (χ4v) is 2.26.